The van der Waals surface area contributed by atoms with Crippen LogP contribution in [-0.4, -0.2) is 24.1 Å². The predicted molar refractivity (Wildman–Crippen MR) is 238 cm³/mol. The van der Waals surface area contributed by atoms with Gasteiger partial charge >= 0.3 is 0 Å². The third-order valence-electron chi connectivity index (χ3n) is 11.2. The molecule has 0 bridgehead atoms. The molecule has 6 heteroatoms. The average Bonchev–Trinajstić information content (AvgIpc) is 3.93. The van der Waals surface area contributed by atoms with Gasteiger partial charge in [0.05, 0.1) is 32.5 Å². The van der Waals surface area contributed by atoms with Crippen LogP contribution in [0.4, 0.5) is 0 Å². The zero-order chi connectivity index (χ0) is 37.5. The number of hydrogen-bond acceptors (Lipinski definition) is 4. The zero-order valence-corrected chi connectivity index (χ0v) is 31.4. The maximum Gasteiger partial charge on any atom is 0.164 e. The second kappa shape index (κ2) is 12.6. The lowest BCUT2D eigenvalue weighted by Gasteiger charge is -2.10. The summed E-state index contributed by atoms with van der Waals surface area (Å²) in [5.74, 6) is 1.93. The van der Waals surface area contributed by atoms with Crippen molar-refractivity contribution in [2.24, 2.45) is 0 Å². The van der Waals surface area contributed by atoms with E-state index in [1.807, 2.05) is 47.7 Å². The van der Waals surface area contributed by atoms with Gasteiger partial charge in [0.25, 0.3) is 0 Å². The fraction of sp³-hybridized carbons (Fsp3) is 0. The molecule has 0 spiro atoms. The Balaban J connectivity index is 1.17. The summed E-state index contributed by atoms with van der Waals surface area (Å²) < 4.78 is 7.34. The van der Waals surface area contributed by atoms with E-state index >= 15 is 0 Å². The van der Waals surface area contributed by atoms with E-state index in [0.717, 1.165) is 44.2 Å². The van der Waals surface area contributed by atoms with E-state index in [9.17, 15) is 0 Å². The number of hydrogen-bond donors (Lipinski definition) is 0. The lowest BCUT2D eigenvalue weighted by atomic mass is 10.0. The van der Waals surface area contributed by atoms with Crippen LogP contribution in [0.2, 0.25) is 0 Å². The second-order valence-corrected chi connectivity index (χ2v) is 15.5. The lowest BCUT2D eigenvalue weighted by molar-refractivity contribution is 1.08. The first-order valence-corrected chi connectivity index (χ1v) is 19.9. The highest BCUT2D eigenvalue weighted by Gasteiger charge is 2.22. The van der Waals surface area contributed by atoms with E-state index in [1.165, 1.54) is 47.7 Å². The largest absolute Gasteiger partial charge is 0.309 e. The van der Waals surface area contributed by atoms with Crippen molar-refractivity contribution in [1.82, 2.24) is 24.1 Å². The van der Waals surface area contributed by atoms with Crippen LogP contribution in [0.25, 0.3) is 109 Å². The molecule has 0 N–H and O–H groups in total. The number of para-hydroxylation sites is 3. The number of aromatic nitrogens is 5. The van der Waals surface area contributed by atoms with E-state index < -0.39 is 0 Å². The number of thiophene rings is 1. The summed E-state index contributed by atoms with van der Waals surface area (Å²) in [5, 5.41) is 7.26. The molecule has 5 nitrogen and oxygen atoms in total. The minimum absolute atomic E-state index is 0.643. The minimum atomic E-state index is 0.643. The normalized spacial score (nSPS) is 11.9. The molecule has 4 heterocycles. The molecule has 0 radical (unpaired) electrons. The fourth-order valence-electron chi connectivity index (χ4n) is 8.67. The quantitative estimate of drug-likeness (QED) is 0.176. The molecule has 0 amide bonds. The summed E-state index contributed by atoms with van der Waals surface area (Å²) in [7, 11) is 0. The molecule has 4 aromatic heterocycles. The van der Waals surface area contributed by atoms with Gasteiger partial charge in [-0.1, -0.05) is 140 Å². The summed E-state index contributed by atoms with van der Waals surface area (Å²) in [5.41, 5.74) is 9.82. The van der Waals surface area contributed by atoms with Gasteiger partial charge in [-0.2, -0.15) is 0 Å². The summed E-state index contributed by atoms with van der Waals surface area (Å²) in [6, 6.07) is 66.5. The van der Waals surface area contributed by atoms with Gasteiger partial charge in [-0.15, -0.1) is 11.3 Å². The van der Waals surface area contributed by atoms with Crippen LogP contribution in [0.1, 0.15) is 0 Å². The Hall–Kier alpha value is -7.41. The van der Waals surface area contributed by atoms with Gasteiger partial charge in [0.15, 0.2) is 17.5 Å². The Kier molecular flexibility index (Phi) is 7.03. The first kappa shape index (κ1) is 31.9. The third kappa shape index (κ3) is 4.91. The number of fused-ring (bicyclic) bond motifs is 9. The smallest absolute Gasteiger partial charge is 0.164 e. The van der Waals surface area contributed by atoms with Gasteiger partial charge in [-0.25, -0.2) is 15.0 Å². The standard InChI is InChI=1S/C51H31N5S/c1-4-16-32(17-5-1)49-52-50(33-18-6-2-7-19-33)54-51(53-49)38-25-15-28-43-47(38)40-30-39-37-24-14-29-44(56-41-26-12-10-22-35(41)36-23-11-13-27-42(36)56)48(37)57-46(39)31-45(40)55(43)34-20-8-3-9-21-34/h1-31H. The Morgan fingerprint density at radius 1 is 0.368 bits per heavy atom. The van der Waals surface area contributed by atoms with Crippen LogP contribution in [-0.2, 0) is 0 Å². The number of benzene rings is 8. The van der Waals surface area contributed by atoms with Gasteiger partial charge in [-0.3, -0.25) is 0 Å². The average molecular weight is 746 g/mol. The van der Waals surface area contributed by atoms with E-state index in [-0.39, 0.29) is 0 Å². The van der Waals surface area contributed by atoms with Gasteiger partial charge in [-0.05, 0) is 48.5 Å². The van der Waals surface area contributed by atoms with E-state index in [2.05, 4.69) is 161 Å². The summed E-state index contributed by atoms with van der Waals surface area (Å²) >= 11 is 1.86. The highest BCUT2D eigenvalue weighted by atomic mass is 32.1. The topological polar surface area (TPSA) is 48.5 Å². The van der Waals surface area contributed by atoms with Crippen molar-refractivity contribution >= 4 is 75.1 Å². The molecule has 0 saturated heterocycles. The number of nitrogens with zero attached hydrogens (tertiary/aromatic N) is 5. The molecule has 0 aliphatic heterocycles. The molecule has 266 valence electrons. The van der Waals surface area contributed by atoms with E-state index in [1.54, 1.807) is 0 Å². The molecular formula is C51H31N5S. The van der Waals surface area contributed by atoms with Crippen molar-refractivity contribution in [3.8, 4) is 45.5 Å². The molecule has 8 aromatic carbocycles. The molecule has 57 heavy (non-hydrogen) atoms. The van der Waals surface area contributed by atoms with Crippen LogP contribution in [0.3, 0.4) is 0 Å². The summed E-state index contributed by atoms with van der Waals surface area (Å²) in [4.78, 5) is 15.4. The minimum Gasteiger partial charge on any atom is -0.309 e. The van der Waals surface area contributed by atoms with Crippen LogP contribution >= 0.6 is 11.3 Å². The van der Waals surface area contributed by atoms with Gasteiger partial charge < -0.3 is 9.13 Å². The molecule has 0 atom stereocenters. The Bertz CT molecular complexity index is 3400. The second-order valence-electron chi connectivity index (χ2n) is 14.4. The maximum absolute atomic E-state index is 5.20. The first-order chi connectivity index (χ1) is 28.3. The SMILES string of the molecule is c1ccc(-c2nc(-c3ccccc3)nc(-c3cccc4c3c3cc5c(cc3n4-c3ccccc3)sc3c(-n4c6ccccc6c6ccccc64)cccc35)n2)cc1. The summed E-state index contributed by atoms with van der Waals surface area (Å²) in [6.45, 7) is 0. The van der Waals surface area contributed by atoms with Crippen molar-refractivity contribution in [1.29, 1.82) is 0 Å². The van der Waals surface area contributed by atoms with Gasteiger partial charge in [0.1, 0.15) is 0 Å². The van der Waals surface area contributed by atoms with Crippen LogP contribution in [0.5, 0.6) is 0 Å². The monoisotopic (exact) mass is 745 g/mol. The summed E-state index contributed by atoms with van der Waals surface area (Å²) in [6.07, 6.45) is 0. The van der Waals surface area contributed by atoms with Crippen LogP contribution in [0, 0.1) is 0 Å². The molecule has 0 unspecified atom stereocenters. The van der Waals surface area contributed by atoms with Crippen LogP contribution < -0.4 is 0 Å². The maximum atomic E-state index is 5.20. The van der Waals surface area contributed by atoms with Crippen LogP contribution in [0.15, 0.2) is 188 Å². The molecule has 0 fully saturated rings. The molecule has 0 aliphatic rings. The molecule has 12 aromatic rings. The Morgan fingerprint density at radius 2 is 0.912 bits per heavy atom. The van der Waals surface area contributed by atoms with E-state index in [0.29, 0.717) is 17.5 Å². The molecule has 0 saturated carbocycles. The molecule has 0 aliphatic carbocycles. The third-order valence-corrected chi connectivity index (χ3v) is 12.4. The predicted octanol–water partition coefficient (Wildman–Crippen LogP) is 13.4. The van der Waals surface area contributed by atoms with Crippen molar-refractivity contribution in [2.45, 2.75) is 0 Å². The Morgan fingerprint density at radius 3 is 1.58 bits per heavy atom. The van der Waals surface area contributed by atoms with Crippen molar-refractivity contribution in [3.05, 3.63) is 188 Å². The highest BCUT2D eigenvalue weighted by molar-refractivity contribution is 7.26. The zero-order valence-electron chi connectivity index (χ0n) is 30.5. The highest BCUT2D eigenvalue weighted by Crippen LogP contribution is 2.45. The van der Waals surface area contributed by atoms with Gasteiger partial charge in [0.2, 0.25) is 0 Å². The molecular weight excluding hydrogens is 715 g/mol. The van der Waals surface area contributed by atoms with E-state index in [4.69, 9.17) is 15.0 Å². The fourth-order valence-corrected chi connectivity index (χ4v) is 9.89. The number of rotatable bonds is 5. The van der Waals surface area contributed by atoms with Crippen molar-refractivity contribution in [2.75, 3.05) is 0 Å². The lowest BCUT2D eigenvalue weighted by Crippen LogP contribution is -2.00. The first-order valence-electron chi connectivity index (χ1n) is 19.1. The Labute approximate surface area is 331 Å². The van der Waals surface area contributed by atoms with Crippen molar-refractivity contribution in [3.63, 3.8) is 0 Å². The van der Waals surface area contributed by atoms with Crippen molar-refractivity contribution < 1.29 is 0 Å². The molecule has 12 rings (SSSR count). The van der Waals surface area contributed by atoms with Gasteiger partial charge in [0, 0.05) is 59.4 Å².